The minimum atomic E-state index is -0.755. The molecule has 1 fully saturated rings. The van der Waals surface area contributed by atoms with Crippen molar-refractivity contribution in [3.05, 3.63) is 46.4 Å². The summed E-state index contributed by atoms with van der Waals surface area (Å²) in [5.74, 6) is -0.381. The number of aliphatic hydroxyl groups is 1. The summed E-state index contributed by atoms with van der Waals surface area (Å²) >= 11 is 1.49. The van der Waals surface area contributed by atoms with Gasteiger partial charge in [0.1, 0.15) is 5.82 Å². The van der Waals surface area contributed by atoms with Crippen molar-refractivity contribution in [3.8, 4) is 0 Å². The van der Waals surface area contributed by atoms with E-state index >= 15 is 0 Å². The highest BCUT2D eigenvalue weighted by atomic mass is 32.1. The van der Waals surface area contributed by atoms with Crippen LogP contribution < -0.4 is 15.5 Å². The Labute approximate surface area is 144 Å². The molecule has 1 aliphatic rings. The first-order chi connectivity index (χ1) is 11.6. The van der Waals surface area contributed by atoms with E-state index in [9.17, 15) is 14.3 Å². The molecule has 0 unspecified atom stereocenters. The van der Waals surface area contributed by atoms with Crippen LogP contribution in [0.3, 0.4) is 0 Å². The fraction of sp³-hybridized carbons (Fsp3) is 0.353. The summed E-state index contributed by atoms with van der Waals surface area (Å²) in [6.07, 6.45) is 1.44. The molecule has 0 bridgehead atoms. The molecule has 3 N–H and O–H groups in total. The van der Waals surface area contributed by atoms with Crippen molar-refractivity contribution < 1.29 is 14.3 Å². The number of nitrogens with one attached hydrogen (secondary N) is 2. The summed E-state index contributed by atoms with van der Waals surface area (Å²) in [5, 5.41) is 18.9. The first kappa shape index (κ1) is 16.7. The van der Waals surface area contributed by atoms with Crippen LogP contribution >= 0.6 is 11.3 Å². The molecule has 128 valence electrons. The highest BCUT2D eigenvalue weighted by Crippen LogP contribution is 2.25. The molecule has 1 aliphatic heterocycles. The first-order valence-electron chi connectivity index (χ1n) is 7.92. The summed E-state index contributed by atoms with van der Waals surface area (Å²) in [6.45, 7) is 1.90. The number of aliphatic hydroxyl groups excluding tert-OH is 1. The topological polar surface area (TPSA) is 64.6 Å². The van der Waals surface area contributed by atoms with E-state index < -0.39 is 12.1 Å². The van der Waals surface area contributed by atoms with E-state index in [-0.39, 0.29) is 12.4 Å². The molecule has 1 atom stereocenters. The number of amides is 2. The third-order valence-electron chi connectivity index (χ3n) is 4.00. The van der Waals surface area contributed by atoms with Crippen LogP contribution in [0.1, 0.15) is 24.5 Å². The normalized spacial score (nSPS) is 15.3. The van der Waals surface area contributed by atoms with E-state index in [1.165, 1.54) is 23.5 Å². The molecule has 2 heterocycles. The zero-order valence-electron chi connectivity index (χ0n) is 13.2. The SMILES string of the molecule is O=C(NC[C@@H](O)c1ccsc1)Nc1cc(F)cc(N2CCCC2)c1. The molecule has 2 amide bonds. The van der Waals surface area contributed by atoms with Crippen LogP contribution in [0.4, 0.5) is 20.6 Å². The summed E-state index contributed by atoms with van der Waals surface area (Å²) in [7, 11) is 0. The van der Waals surface area contributed by atoms with Gasteiger partial charge in [-0.25, -0.2) is 9.18 Å². The van der Waals surface area contributed by atoms with Gasteiger partial charge in [0, 0.05) is 31.0 Å². The van der Waals surface area contributed by atoms with Crippen LogP contribution in [0.2, 0.25) is 0 Å². The second-order valence-electron chi connectivity index (χ2n) is 5.80. The van der Waals surface area contributed by atoms with Gasteiger partial charge in [-0.15, -0.1) is 0 Å². The Morgan fingerprint density at radius 2 is 2.12 bits per heavy atom. The molecule has 3 rings (SSSR count). The third kappa shape index (κ3) is 4.24. The second-order valence-corrected chi connectivity index (χ2v) is 6.58. The summed E-state index contributed by atoms with van der Waals surface area (Å²) in [5.41, 5.74) is 1.95. The molecular formula is C17H20FN3O2S. The highest BCUT2D eigenvalue weighted by molar-refractivity contribution is 7.07. The maximum Gasteiger partial charge on any atom is 0.319 e. The molecule has 0 saturated carbocycles. The number of carbonyl (C=O) groups is 1. The minimum absolute atomic E-state index is 0.0941. The highest BCUT2D eigenvalue weighted by Gasteiger charge is 2.15. The van der Waals surface area contributed by atoms with E-state index in [4.69, 9.17) is 0 Å². The quantitative estimate of drug-likeness (QED) is 0.776. The van der Waals surface area contributed by atoms with Gasteiger partial charge in [0.2, 0.25) is 0 Å². The minimum Gasteiger partial charge on any atom is -0.387 e. The largest absolute Gasteiger partial charge is 0.387 e. The van der Waals surface area contributed by atoms with Gasteiger partial charge in [0.05, 0.1) is 6.10 Å². The molecular weight excluding hydrogens is 329 g/mol. The molecule has 7 heteroatoms. The predicted octanol–water partition coefficient (Wildman–Crippen LogP) is 3.34. The van der Waals surface area contributed by atoms with Crippen molar-refractivity contribution in [3.63, 3.8) is 0 Å². The Balaban J connectivity index is 1.57. The summed E-state index contributed by atoms with van der Waals surface area (Å²) in [6, 6.07) is 5.87. The van der Waals surface area contributed by atoms with Crippen LogP contribution in [-0.4, -0.2) is 30.8 Å². The molecule has 5 nitrogen and oxygen atoms in total. The molecule has 0 radical (unpaired) electrons. The monoisotopic (exact) mass is 349 g/mol. The van der Waals surface area contributed by atoms with Gasteiger partial charge < -0.3 is 20.6 Å². The molecule has 0 aliphatic carbocycles. The average molecular weight is 349 g/mol. The number of rotatable bonds is 5. The Kier molecular flexibility index (Phi) is 5.32. The van der Waals surface area contributed by atoms with Crippen molar-refractivity contribution in [1.82, 2.24) is 5.32 Å². The average Bonchev–Trinajstić information content (AvgIpc) is 3.25. The van der Waals surface area contributed by atoms with Crippen LogP contribution in [0.15, 0.2) is 35.0 Å². The number of nitrogens with zero attached hydrogens (tertiary/aromatic N) is 1. The van der Waals surface area contributed by atoms with Gasteiger partial charge in [0.15, 0.2) is 0 Å². The maximum absolute atomic E-state index is 13.8. The van der Waals surface area contributed by atoms with Gasteiger partial charge in [-0.2, -0.15) is 11.3 Å². The smallest absolute Gasteiger partial charge is 0.319 e. The van der Waals surface area contributed by atoms with Crippen molar-refractivity contribution in [2.75, 3.05) is 29.9 Å². The van der Waals surface area contributed by atoms with Crippen molar-refractivity contribution in [2.45, 2.75) is 18.9 Å². The lowest BCUT2D eigenvalue weighted by atomic mass is 10.2. The van der Waals surface area contributed by atoms with E-state index in [1.54, 1.807) is 6.07 Å². The number of anilines is 2. The lowest BCUT2D eigenvalue weighted by Gasteiger charge is -2.19. The van der Waals surface area contributed by atoms with Crippen LogP contribution in [-0.2, 0) is 0 Å². The first-order valence-corrected chi connectivity index (χ1v) is 8.86. The van der Waals surface area contributed by atoms with Gasteiger partial charge in [-0.3, -0.25) is 0 Å². The second kappa shape index (κ2) is 7.63. The van der Waals surface area contributed by atoms with Crippen molar-refractivity contribution >= 4 is 28.7 Å². The molecule has 1 aromatic heterocycles. The van der Waals surface area contributed by atoms with Gasteiger partial charge in [0.25, 0.3) is 0 Å². The standard InChI is InChI=1S/C17H20FN3O2S/c18-13-7-14(9-15(8-13)21-4-1-2-5-21)20-17(23)19-10-16(22)12-3-6-24-11-12/h3,6-9,11,16,22H,1-2,4-5,10H2,(H2,19,20,23)/t16-/m1/s1. The van der Waals surface area contributed by atoms with Crippen molar-refractivity contribution in [2.24, 2.45) is 0 Å². The van der Waals surface area contributed by atoms with Crippen LogP contribution in [0.5, 0.6) is 0 Å². The number of benzene rings is 1. The predicted molar refractivity (Wildman–Crippen MR) is 94.1 cm³/mol. The zero-order chi connectivity index (χ0) is 16.9. The zero-order valence-corrected chi connectivity index (χ0v) is 14.0. The lowest BCUT2D eigenvalue weighted by molar-refractivity contribution is 0.175. The third-order valence-corrected chi connectivity index (χ3v) is 4.70. The van der Waals surface area contributed by atoms with Gasteiger partial charge in [-0.05, 0) is 53.4 Å². The maximum atomic E-state index is 13.8. The number of urea groups is 1. The molecule has 0 spiro atoms. The number of carbonyl (C=O) groups excluding carboxylic acids is 1. The molecule has 1 saturated heterocycles. The van der Waals surface area contributed by atoms with E-state index in [0.717, 1.165) is 37.2 Å². The van der Waals surface area contributed by atoms with Gasteiger partial charge >= 0.3 is 6.03 Å². The van der Waals surface area contributed by atoms with Crippen LogP contribution in [0.25, 0.3) is 0 Å². The summed E-state index contributed by atoms with van der Waals surface area (Å²) in [4.78, 5) is 14.1. The Morgan fingerprint density at radius 1 is 1.33 bits per heavy atom. The van der Waals surface area contributed by atoms with Gasteiger partial charge in [-0.1, -0.05) is 0 Å². The number of thiophene rings is 1. The fourth-order valence-corrected chi connectivity index (χ4v) is 3.46. The van der Waals surface area contributed by atoms with E-state index in [0.29, 0.717) is 5.69 Å². The fourth-order valence-electron chi connectivity index (χ4n) is 2.75. The van der Waals surface area contributed by atoms with E-state index in [1.807, 2.05) is 16.8 Å². The number of halogens is 1. The van der Waals surface area contributed by atoms with Crippen LogP contribution in [0, 0.1) is 5.82 Å². The molecule has 2 aromatic rings. The van der Waals surface area contributed by atoms with Crippen molar-refractivity contribution in [1.29, 1.82) is 0 Å². The lowest BCUT2D eigenvalue weighted by Crippen LogP contribution is -2.32. The Morgan fingerprint density at radius 3 is 2.83 bits per heavy atom. The summed E-state index contributed by atoms with van der Waals surface area (Å²) < 4.78 is 13.8. The Bertz CT molecular complexity index is 687. The molecule has 24 heavy (non-hydrogen) atoms. The Hall–Kier alpha value is -2.12. The number of hydrogen-bond acceptors (Lipinski definition) is 4. The number of hydrogen-bond donors (Lipinski definition) is 3. The van der Waals surface area contributed by atoms with E-state index in [2.05, 4.69) is 15.5 Å². The molecule has 1 aromatic carbocycles.